The van der Waals surface area contributed by atoms with Crippen LogP contribution in [0, 0.1) is 0 Å². The van der Waals surface area contributed by atoms with Gasteiger partial charge in [-0.05, 0) is 42.9 Å². The molecule has 104 valence electrons. The Kier molecular flexibility index (Phi) is 5.55. The van der Waals surface area contributed by atoms with Gasteiger partial charge in [-0.15, -0.1) is 11.8 Å². The molecule has 1 N–H and O–H groups in total. The first-order valence-electron chi connectivity index (χ1n) is 6.52. The number of hydrogen-bond donors (Lipinski definition) is 1. The van der Waals surface area contributed by atoms with Crippen LogP contribution in [0.5, 0.6) is 0 Å². The number of ether oxygens (including phenoxy) is 1. The second-order valence-electron chi connectivity index (χ2n) is 4.38. The molecule has 1 heterocycles. The minimum absolute atomic E-state index is 0.147. The van der Waals surface area contributed by atoms with Gasteiger partial charge in [0.25, 0.3) is 0 Å². The molecule has 0 aliphatic carbocycles. The quantitative estimate of drug-likeness (QED) is 0.846. The van der Waals surface area contributed by atoms with Crippen LogP contribution in [0.25, 0.3) is 0 Å². The van der Waals surface area contributed by atoms with E-state index in [0.717, 1.165) is 17.2 Å². The molecule has 0 amide bonds. The van der Waals surface area contributed by atoms with Crippen LogP contribution in [0.4, 0.5) is 0 Å². The number of hydrogen-bond acceptors (Lipinski definition) is 4. The van der Waals surface area contributed by atoms with Crippen LogP contribution >= 0.6 is 23.4 Å². The Morgan fingerprint density at radius 2 is 2.42 bits per heavy atom. The molecule has 1 aliphatic rings. The summed E-state index contributed by atoms with van der Waals surface area (Å²) >= 11 is 7.92. The summed E-state index contributed by atoms with van der Waals surface area (Å²) in [6.07, 6.45) is 1.47. The summed E-state index contributed by atoms with van der Waals surface area (Å²) in [5.41, 5.74) is 1.24. The zero-order valence-electron chi connectivity index (χ0n) is 10.9. The maximum atomic E-state index is 11.3. The van der Waals surface area contributed by atoms with Crippen molar-refractivity contribution in [3.8, 4) is 0 Å². The molecule has 1 atom stereocenters. The third-order valence-electron chi connectivity index (χ3n) is 3.04. The zero-order valence-corrected chi connectivity index (χ0v) is 12.5. The summed E-state index contributed by atoms with van der Waals surface area (Å²) in [6, 6.07) is 6.30. The van der Waals surface area contributed by atoms with Gasteiger partial charge in [0.05, 0.1) is 13.0 Å². The van der Waals surface area contributed by atoms with Gasteiger partial charge in [-0.3, -0.25) is 4.79 Å². The number of carbonyl (C=O) groups excluding carboxylic acids is 1. The smallest absolute Gasteiger partial charge is 0.307 e. The number of carbonyl (C=O) groups is 1. The van der Waals surface area contributed by atoms with Crippen LogP contribution in [0.1, 0.15) is 31.4 Å². The van der Waals surface area contributed by atoms with Crippen molar-refractivity contribution in [2.45, 2.75) is 30.7 Å². The van der Waals surface area contributed by atoms with E-state index >= 15 is 0 Å². The molecule has 1 aliphatic heterocycles. The summed E-state index contributed by atoms with van der Waals surface area (Å²) in [5, 5.41) is 4.18. The fourth-order valence-electron chi connectivity index (χ4n) is 2.16. The molecule has 0 saturated heterocycles. The fourth-order valence-corrected chi connectivity index (χ4v) is 3.45. The van der Waals surface area contributed by atoms with Crippen molar-refractivity contribution in [1.82, 2.24) is 5.32 Å². The lowest BCUT2D eigenvalue weighted by Gasteiger charge is -2.26. The van der Waals surface area contributed by atoms with Crippen LogP contribution in [0.3, 0.4) is 0 Å². The molecule has 5 heteroatoms. The summed E-state index contributed by atoms with van der Waals surface area (Å²) < 4.78 is 4.92. The molecular formula is C14H18ClNO2S. The number of nitrogens with one attached hydrogen (secondary N) is 1. The minimum Gasteiger partial charge on any atom is -0.466 e. The molecule has 0 radical (unpaired) electrons. The van der Waals surface area contributed by atoms with E-state index < -0.39 is 0 Å². The predicted molar refractivity (Wildman–Crippen MR) is 78.8 cm³/mol. The Labute approximate surface area is 123 Å². The zero-order chi connectivity index (χ0) is 13.7. The molecule has 1 unspecified atom stereocenters. The summed E-state index contributed by atoms with van der Waals surface area (Å²) in [4.78, 5) is 12.6. The van der Waals surface area contributed by atoms with Gasteiger partial charge in [0.1, 0.15) is 0 Å². The number of esters is 1. The molecule has 1 aromatic carbocycles. The highest BCUT2D eigenvalue weighted by Gasteiger charge is 2.20. The lowest BCUT2D eigenvalue weighted by atomic mass is 10.0. The maximum Gasteiger partial charge on any atom is 0.307 e. The van der Waals surface area contributed by atoms with Crippen LogP contribution in [-0.4, -0.2) is 24.9 Å². The van der Waals surface area contributed by atoms with E-state index in [2.05, 4.69) is 11.4 Å². The number of fused-ring (bicyclic) bond motifs is 1. The highest BCUT2D eigenvalue weighted by molar-refractivity contribution is 7.99. The van der Waals surface area contributed by atoms with E-state index in [1.165, 1.54) is 10.5 Å². The molecule has 0 bridgehead atoms. The highest BCUT2D eigenvalue weighted by Crippen LogP contribution is 2.37. The van der Waals surface area contributed by atoms with Gasteiger partial charge in [0.2, 0.25) is 0 Å². The van der Waals surface area contributed by atoms with E-state index in [4.69, 9.17) is 16.3 Å². The van der Waals surface area contributed by atoms with Gasteiger partial charge in [-0.1, -0.05) is 11.6 Å². The third kappa shape index (κ3) is 4.13. The lowest BCUT2D eigenvalue weighted by Crippen LogP contribution is -2.27. The van der Waals surface area contributed by atoms with Gasteiger partial charge < -0.3 is 10.1 Å². The van der Waals surface area contributed by atoms with E-state index in [-0.39, 0.29) is 12.0 Å². The van der Waals surface area contributed by atoms with Gasteiger partial charge in [0.15, 0.2) is 0 Å². The van der Waals surface area contributed by atoms with Crippen molar-refractivity contribution in [2.24, 2.45) is 0 Å². The van der Waals surface area contributed by atoms with E-state index in [9.17, 15) is 4.79 Å². The molecule has 2 rings (SSSR count). The Morgan fingerprint density at radius 1 is 1.58 bits per heavy atom. The summed E-state index contributed by atoms with van der Waals surface area (Å²) in [5.74, 6) is 0.942. The average Bonchev–Trinajstić information content (AvgIpc) is 2.39. The van der Waals surface area contributed by atoms with Crippen molar-refractivity contribution in [3.05, 3.63) is 28.8 Å². The first kappa shape index (κ1) is 14.7. The average molecular weight is 300 g/mol. The standard InChI is InChI=1S/C14H18ClNO2S/c1-2-18-14(17)5-7-16-12-6-8-19-13-4-3-10(15)9-11(12)13/h3-4,9,12,16H,2,5-8H2,1H3. The molecule has 0 spiro atoms. The topological polar surface area (TPSA) is 38.3 Å². The Bertz CT molecular complexity index is 453. The number of benzene rings is 1. The Hall–Kier alpha value is -0.710. The van der Waals surface area contributed by atoms with E-state index in [1.54, 1.807) is 0 Å². The minimum atomic E-state index is -0.147. The molecular weight excluding hydrogens is 282 g/mol. The van der Waals surface area contributed by atoms with Crippen molar-refractivity contribution in [3.63, 3.8) is 0 Å². The first-order valence-corrected chi connectivity index (χ1v) is 7.88. The second-order valence-corrected chi connectivity index (χ2v) is 5.95. The van der Waals surface area contributed by atoms with Crippen LogP contribution < -0.4 is 5.32 Å². The number of halogens is 1. The molecule has 1 aromatic rings. The first-order chi connectivity index (χ1) is 9.20. The highest BCUT2D eigenvalue weighted by atomic mass is 35.5. The fraction of sp³-hybridized carbons (Fsp3) is 0.500. The predicted octanol–water partition coefficient (Wildman–Crippen LogP) is 3.42. The van der Waals surface area contributed by atoms with E-state index in [0.29, 0.717) is 19.6 Å². The van der Waals surface area contributed by atoms with Crippen molar-refractivity contribution in [1.29, 1.82) is 0 Å². The summed E-state index contributed by atoms with van der Waals surface area (Å²) in [7, 11) is 0. The molecule has 0 saturated carbocycles. The van der Waals surface area contributed by atoms with Gasteiger partial charge in [-0.25, -0.2) is 0 Å². The maximum absolute atomic E-state index is 11.3. The molecule has 19 heavy (non-hydrogen) atoms. The molecule has 0 fully saturated rings. The van der Waals surface area contributed by atoms with Gasteiger partial charge in [0, 0.05) is 22.5 Å². The lowest BCUT2D eigenvalue weighted by molar-refractivity contribution is -0.143. The number of rotatable bonds is 5. The molecule has 0 aromatic heterocycles. The van der Waals surface area contributed by atoms with Crippen molar-refractivity contribution in [2.75, 3.05) is 18.9 Å². The Balaban J connectivity index is 1.92. The second kappa shape index (κ2) is 7.17. The van der Waals surface area contributed by atoms with Crippen LogP contribution in [0.2, 0.25) is 5.02 Å². The normalized spacial score (nSPS) is 17.9. The van der Waals surface area contributed by atoms with Crippen molar-refractivity contribution >= 4 is 29.3 Å². The van der Waals surface area contributed by atoms with Crippen LogP contribution in [-0.2, 0) is 9.53 Å². The SMILES string of the molecule is CCOC(=O)CCNC1CCSc2ccc(Cl)cc21. The third-order valence-corrected chi connectivity index (χ3v) is 4.39. The van der Waals surface area contributed by atoms with Crippen LogP contribution in [0.15, 0.2) is 23.1 Å². The monoisotopic (exact) mass is 299 g/mol. The van der Waals surface area contributed by atoms with Crippen molar-refractivity contribution < 1.29 is 9.53 Å². The largest absolute Gasteiger partial charge is 0.466 e. The molecule has 3 nitrogen and oxygen atoms in total. The van der Waals surface area contributed by atoms with Gasteiger partial charge >= 0.3 is 5.97 Å². The summed E-state index contributed by atoms with van der Waals surface area (Å²) in [6.45, 7) is 2.90. The van der Waals surface area contributed by atoms with E-state index in [1.807, 2.05) is 30.8 Å². The number of thioether (sulfide) groups is 1. The van der Waals surface area contributed by atoms with Gasteiger partial charge in [-0.2, -0.15) is 0 Å². The Morgan fingerprint density at radius 3 is 3.21 bits per heavy atom.